The van der Waals surface area contributed by atoms with E-state index in [0.29, 0.717) is 0 Å². The number of likely N-dealkylation sites (tertiary alicyclic amines) is 1. The summed E-state index contributed by atoms with van der Waals surface area (Å²) < 4.78 is 178. The van der Waals surface area contributed by atoms with Crippen LogP contribution in [0.3, 0.4) is 0 Å². The Bertz CT molecular complexity index is 393. The minimum atomic E-state index is -10.7. The first-order valence-electron chi connectivity index (χ1n) is 5.90. The summed E-state index contributed by atoms with van der Waals surface area (Å²) in [7, 11) is -24.9. The van der Waals surface area contributed by atoms with Crippen molar-refractivity contribution in [1.29, 1.82) is 0 Å². The Morgan fingerprint density at radius 2 is 0.536 bits per heavy atom. The molecule has 0 amide bonds. The first-order valence-corrected chi connectivity index (χ1v) is 12.0. The second kappa shape index (κ2) is 6.49. The normalized spacial score (nSPS) is 23.7. The van der Waals surface area contributed by atoms with Crippen molar-refractivity contribution in [3.63, 3.8) is 0 Å². The van der Waals surface area contributed by atoms with Crippen LogP contribution in [0.4, 0.5) is 75.5 Å². The van der Waals surface area contributed by atoms with Gasteiger partial charge >= 0.3 is 143 Å². The molecule has 28 heavy (non-hydrogen) atoms. The molecule has 0 bridgehead atoms. The molecule has 0 N–H and O–H groups in total. The van der Waals surface area contributed by atoms with E-state index in [4.69, 9.17) is 7.05 Å². The zero-order valence-electron chi connectivity index (χ0n) is 12.6. The van der Waals surface area contributed by atoms with E-state index in [9.17, 15) is 75.5 Å². The van der Waals surface area contributed by atoms with Crippen molar-refractivity contribution in [2.75, 3.05) is 13.1 Å². The summed E-state index contributed by atoms with van der Waals surface area (Å²) in [5.74, 6) is 0. The van der Waals surface area contributed by atoms with Crippen LogP contribution in [-0.2, 0) is 0 Å². The molecule has 0 saturated carbocycles. The second-order valence-corrected chi connectivity index (χ2v) is 10.7. The molecule has 0 radical (unpaired) electrons. The molecule has 180 valence electrons. The van der Waals surface area contributed by atoms with Crippen molar-refractivity contribution in [2.24, 2.45) is 0 Å². The van der Waals surface area contributed by atoms with Crippen LogP contribution in [-0.4, -0.2) is 18.0 Å². The van der Waals surface area contributed by atoms with Crippen LogP contribution in [0.5, 0.6) is 0 Å². The van der Waals surface area contributed by atoms with Crippen LogP contribution in [0.2, 0.25) is 0 Å². The average Bonchev–Trinajstić information content (AvgIpc) is 2.01. The number of halogens is 18. The molecule has 1 fully saturated rings. The molecule has 1 heterocycles. The molecular formula is C6H10F18NP3. The van der Waals surface area contributed by atoms with Gasteiger partial charge in [0.1, 0.15) is 0 Å². The molecule has 0 aliphatic carbocycles. The number of rotatable bonds is 0. The van der Waals surface area contributed by atoms with Gasteiger partial charge in [0.15, 0.2) is 0 Å². The fraction of sp³-hybridized carbons (Fsp3) is 0.833. The van der Waals surface area contributed by atoms with Gasteiger partial charge < -0.3 is 0 Å². The average molecular weight is 531 g/mol. The van der Waals surface area contributed by atoms with Crippen LogP contribution in [0, 0.1) is 7.05 Å². The van der Waals surface area contributed by atoms with Gasteiger partial charge in [-0.05, 0) is 0 Å². The van der Waals surface area contributed by atoms with E-state index in [1.165, 1.54) is 19.3 Å². The van der Waals surface area contributed by atoms with E-state index >= 15 is 0 Å². The molecule has 0 unspecified atom stereocenters. The first-order chi connectivity index (χ1) is 10.7. The summed E-state index contributed by atoms with van der Waals surface area (Å²) >= 11 is 0. The molecule has 1 rings (SSSR count). The van der Waals surface area contributed by atoms with Gasteiger partial charge in [0.25, 0.3) is 0 Å². The zero-order chi connectivity index (χ0) is 24.3. The number of hydrogen-bond acceptors (Lipinski definition) is 1. The molecule has 1 aliphatic heterocycles. The minimum absolute atomic E-state index is 0.986. The van der Waals surface area contributed by atoms with Crippen molar-refractivity contribution in [2.45, 2.75) is 19.3 Å². The summed E-state index contributed by atoms with van der Waals surface area (Å²) in [6.45, 7) is 1.97. The monoisotopic (exact) mass is 531 g/mol. The van der Waals surface area contributed by atoms with Gasteiger partial charge in [-0.1, -0.05) is 0 Å². The number of nitrogens with zero attached hydrogens (tertiary/aromatic N) is 1. The Morgan fingerprint density at radius 1 is 0.393 bits per heavy atom. The Labute approximate surface area is 144 Å². The molecule has 0 aromatic heterocycles. The first kappa shape index (κ1) is 32.6. The molecule has 1 saturated heterocycles. The van der Waals surface area contributed by atoms with E-state index in [2.05, 4.69) is 0 Å². The van der Waals surface area contributed by atoms with E-state index in [0.717, 1.165) is 13.1 Å². The van der Waals surface area contributed by atoms with E-state index in [1.807, 2.05) is 0 Å². The molecule has 0 aromatic carbocycles. The zero-order valence-corrected chi connectivity index (χ0v) is 15.3. The Kier molecular flexibility index (Phi) is 7.57. The van der Waals surface area contributed by atoms with Crippen molar-refractivity contribution in [1.82, 2.24) is 4.90 Å². The van der Waals surface area contributed by atoms with Crippen molar-refractivity contribution >= 4 is 23.4 Å². The van der Waals surface area contributed by atoms with Gasteiger partial charge in [-0.3, -0.25) is 0 Å². The molecule has 0 spiro atoms. The molecule has 1 aliphatic rings. The topological polar surface area (TPSA) is 3.24 Å². The maximum absolute atomic E-state index is 10.7. The predicted octanol–water partition coefficient (Wildman–Crippen LogP) is 11.2. The molecule has 0 atom stereocenters. The van der Waals surface area contributed by atoms with Crippen LogP contribution in [0.1, 0.15) is 19.3 Å². The van der Waals surface area contributed by atoms with Crippen LogP contribution in [0.15, 0.2) is 0 Å². The quantitative estimate of drug-likeness (QED) is 0.222. The Balaban J connectivity index is -0.000000298. The SMILES string of the molecule is F[P-](F)(F)(F)(F)F.F[P-](F)(F)(F)(F)F.F[P-](F)(F)(F)(F)F.[C+3]N1CCCCC1. The van der Waals surface area contributed by atoms with Gasteiger partial charge in [-0.25, -0.2) is 0 Å². The summed E-state index contributed by atoms with van der Waals surface area (Å²) in [5.41, 5.74) is 0. The van der Waals surface area contributed by atoms with Crippen molar-refractivity contribution in [3.05, 3.63) is 7.05 Å². The van der Waals surface area contributed by atoms with Crippen molar-refractivity contribution < 1.29 is 75.5 Å². The van der Waals surface area contributed by atoms with E-state index in [1.54, 1.807) is 4.90 Å². The molecule has 1 nitrogen and oxygen atoms in total. The Morgan fingerprint density at radius 3 is 0.607 bits per heavy atom. The van der Waals surface area contributed by atoms with Gasteiger partial charge in [0, 0.05) is 0 Å². The van der Waals surface area contributed by atoms with Crippen LogP contribution in [0.25, 0.3) is 0 Å². The van der Waals surface area contributed by atoms with Crippen molar-refractivity contribution in [3.8, 4) is 0 Å². The second-order valence-electron chi connectivity index (χ2n) is 4.92. The third kappa shape index (κ3) is 254. The number of hydrogen-bond donors (Lipinski definition) is 0. The maximum atomic E-state index is 9.87. The third-order valence-electron chi connectivity index (χ3n) is 1.36. The van der Waals surface area contributed by atoms with Crippen LogP contribution < -0.4 is 0 Å². The molecular weight excluding hydrogens is 521 g/mol. The van der Waals surface area contributed by atoms with E-state index < -0.39 is 23.4 Å². The fourth-order valence-electron chi connectivity index (χ4n) is 0.894. The third-order valence-corrected chi connectivity index (χ3v) is 1.36. The summed E-state index contributed by atoms with van der Waals surface area (Å²) in [6.07, 6.45) is 3.78. The molecule has 22 heteroatoms. The van der Waals surface area contributed by atoms with Gasteiger partial charge in [-0.15, -0.1) is 0 Å². The summed E-state index contributed by atoms with van der Waals surface area (Å²) in [6, 6.07) is 0. The van der Waals surface area contributed by atoms with Crippen LogP contribution >= 0.6 is 23.4 Å². The van der Waals surface area contributed by atoms with Gasteiger partial charge in [0.2, 0.25) is 0 Å². The number of piperidine rings is 1. The van der Waals surface area contributed by atoms with Gasteiger partial charge in [-0.2, -0.15) is 0 Å². The van der Waals surface area contributed by atoms with Gasteiger partial charge in [0.05, 0.1) is 0 Å². The summed E-state index contributed by atoms with van der Waals surface area (Å²) in [5, 5.41) is 0. The Hall–Kier alpha value is -0.0100. The molecule has 0 aromatic rings. The fourth-order valence-corrected chi connectivity index (χ4v) is 0.894. The van der Waals surface area contributed by atoms with E-state index in [-0.39, 0.29) is 0 Å². The summed E-state index contributed by atoms with van der Waals surface area (Å²) in [4.78, 5) is 1.64. The standard InChI is InChI=1S/C6H10N.3F6P/c1-7-5-3-2-4-6-7;3*1-7(2,3,4,5)6/h2-6H2;;;/q+3;3*-1. The predicted molar refractivity (Wildman–Crippen MR) is 69.4 cm³/mol.